The lowest BCUT2D eigenvalue weighted by atomic mass is 10.2. The Bertz CT molecular complexity index is 788. The predicted molar refractivity (Wildman–Crippen MR) is 103 cm³/mol. The van der Waals surface area contributed by atoms with Gasteiger partial charge in [-0.25, -0.2) is 5.43 Å². The highest BCUT2D eigenvalue weighted by atomic mass is 16.5. The van der Waals surface area contributed by atoms with Gasteiger partial charge in [0, 0.05) is 5.56 Å². The first kappa shape index (κ1) is 20.1. The van der Waals surface area contributed by atoms with Gasteiger partial charge in [-0.3, -0.25) is 4.79 Å². The number of rotatable bonds is 9. The minimum Gasteiger partial charge on any atom is -0.493 e. The molecular weight excluding hydrogens is 348 g/mol. The summed E-state index contributed by atoms with van der Waals surface area (Å²) in [5.41, 5.74) is 4.26. The maximum absolute atomic E-state index is 11.9. The number of hydrazone groups is 1. The molecule has 144 valence electrons. The minimum absolute atomic E-state index is 0.133. The molecule has 0 saturated heterocycles. The van der Waals surface area contributed by atoms with Crippen molar-refractivity contribution < 1.29 is 23.7 Å². The Kier molecular flexibility index (Phi) is 7.49. The monoisotopic (exact) mass is 372 g/mol. The quantitative estimate of drug-likeness (QED) is 0.541. The molecule has 1 amide bonds. The third-order valence-corrected chi connectivity index (χ3v) is 3.83. The number of hydrogen-bond donors (Lipinski definition) is 1. The van der Waals surface area contributed by atoms with E-state index in [2.05, 4.69) is 17.5 Å². The van der Waals surface area contributed by atoms with Gasteiger partial charge in [-0.1, -0.05) is 19.1 Å². The average Bonchev–Trinajstić information content (AvgIpc) is 2.71. The van der Waals surface area contributed by atoms with Gasteiger partial charge in [0.05, 0.1) is 27.5 Å². The summed E-state index contributed by atoms with van der Waals surface area (Å²) >= 11 is 0. The Morgan fingerprint density at radius 2 is 1.70 bits per heavy atom. The minimum atomic E-state index is -0.370. The van der Waals surface area contributed by atoms with Crippen LogP contribution in [0, 0.1) is 0 Å². The number of ether oxygens (including phenoxy) is 4. The van der Waals surface area contributed by atoms with Crippen LogP contribution in [0.5, 0.6) is 23.0 Å². The smallest absolute Gasteiger partial charge is 0.277 e. The lowest BCUT2D eigenvalue weighted by Crippen LogP contribution is -2.24. The fourth-order valence-corrected chi connectivity index (χ4v) is 2.40. The van der Waals surface area contributed by atoms with Gasteiger partial charge < -0.3 is 18.9 Å². The number of amides is 1. The van der Waals surface area contributed by atoms with Crippen LogP contribution in [-0.2, 0) is 11.2 Å². The predicted octanol–water partition coefficient (Wildman–Crippen LogP) is 2.80. The second-order valence-corrected chi connectivity index (χ2v) is 5.50. The fourth-order valence-electron chi connectivity index (χ4n) is 2.40. The van der Waals surface area contributed by atoms with Crippen LogP contribution in [0.4, 0.5) is 0 Å². The van der Waals surface area contributed by atoms with E-state index in [4.69, 9.17) is 18.9 Å². The van der Waals surface area contributed by atoms with Gasteiger partial charge in [0.1, 0.15) is 5.75 Å². The summed E-state index contributed by atoms with van der Waals surface area (Å²) < 4.78 is 21.3. The highest BCUT2D eigenvalue weighted by Gasteiger charge is 2.14. The molecular formula is C20H24N2O5. The number of nitrogens with zero attached hydrogens (tertiary/aromatic N) is 1. The van der Waals surface area contributed by atoms with E-state index in [0.717, 1.165) is 6.42 Å². The van der Waals surface area contributed by atoms with Crippen molar-refractivity contribution in [2.45, 2.75) is 13.3 Å². The van der Waals surface area contributed by atoms with Crippen LogP contribution >= 0.6 is 0 Å². The molecule has 0 radical (unpaired) electrons. The van der Waals surface area contributed by atoms with Gasteiger partial charge in [-0.05, 0) is 36.2 Å². The Labute approximate surface area is 158 Å². The molecule has 0 unspecified atom stereocenters. The first-order chi connectivity index (χ1) is 13.1. The number of aryl methyl sites for hydroxylation is 1. The van der Waals surface area contributed by atoms with Gasteiger partial charge in [0.2, 0.25) is 5.75 Å². The molecule has 0 aliphatic heterocycles. The van der Waals surface area contributed by atoms with E-state index in [1.807, 2.05) is 24.3 Å². The molecule has 0 aliphatic rings. The molecule has 0 bridgehead atoms. The molecule has 0 saturated carbocycles. The van der Waals surface area contributed by atoms with Gasteiger partial charge in [0.15, 0.2) is 18.1 Å². The maximum atomic E-state index is 11.9. The zero-order chi connectivity index (χ0) is 19.6. The van der Waals surface area contributed by atoms with Crippen molar-refractivity contribution in [3.05, 3.63) is 47.5 Å². The molecule has 0 heterocycles. The van der Waals surface area contributed by atoms with Crippen molar-refractivity contribution >= 4 is 12.1 Å². The molecule has 2 rings (SSSR count). The summed E-state index contributed by atoms with van der Waals surface area (Å²) in [5.74, 6) is 1.72. The third-order valence-electron chi connectivity index (χ3n) is 3.83. The summed E-state index contributed by atoms with van der Waals surface area (Å²) in [6, 6.07) is 11.1. The van der Waals surface area contributed by atoms with E-state index in [9.17, 15) is 4.79 Å². The highest BCUT2D eigenvalue weighted by molar-refractivity contribution is 5.87. The van der Waals surface area contributed by atoms with Crippen LogP contribution in [0.25, 0.3) is 0 Å². The van der Waals surface area contributed by atoms with Crippen molar-refractivity contribution in [2.24, 2.45) is 5.10 Å². The summed E-state index contributed by atoms with van der Waals surface area (Å²) in [6.45, 7) is 1.95. The number of carbonyl (C=O) groups is 1. The molecule has 0 atom stereocenters. The topological polar surface area (TPSA) is 78.4 Å². The van der Waals surface area contributed by atoms with Crippen LogP contribution in [0.2, 0.25) is 0 Å². The second-order valence-electron chi connectivity index (χ2n) is 5.50. The summed E-state index contributed by atoms with van der Waals surface area (Å²) in [5, 5.41) is 3.94. The zero-order valence-corrected chi connectivity index (χ0v) is 15.9. The van der Waals surface area contributed by atoms with E-state index < -0.39 is 0 Å². The van der Waals surface area contributed by atoms with Crippen LogP contribution in [0.15, 0.2) is 41.5 Å². The number of carbonyl (C=O) groups excluding carboxylic acids is 1. The summed E-state index contributed by atoms with van der Waals surface area (Å²) in [7, 11) is 4.58. The third kappa shape index (κ3) is 5.37. The van der Waals surface area contributed by atoms with Crippen molar-refractivity contribution in [3.63, 3.8) is 0 Å². The molecule has 2 aromatic rings. The number of benzene rings is 2. The van der Waals surface area contributed by atoms with Crippen LogP contribution in [0.3, 0.4) is 0 Å². The Hall–Kier alpha value is -3.22. The first-order valence-electron chi connectivity index (χ1n) is 8.45. The normalized spacial score (nSPS) is 10.5. The van der Waals surface area contributed by atoms with Crippen molar-refractivity contribution in [3.8, 4) is 23.0 Å². The molecule has 0 aromatic heterocycles. The summed E-state index contributed by atoms with van der Waals surface area (Å²) in [4.78, 5) is 11.9. The molecule has 7 nitrogen and oxygen atoms in total. The summed E-state index contributed by atoms with van der Waals surface area (Å²) in [6.07, 6.45) is 2.42. The maximum Gasteiger partial charge on any atom is 0.277 e. The first-order valence-corrected chi connectivity index (χ1v) is 8.45. The van der Waals surface area contributed by atoms with E-state index in [1.165, 1.54) is 26.0 Å². The number of nitrogens with one attached hydrogen (secondary N) is 1. The van der Waals surface area contributed by atoms with E-state index in [-0.39, 0.29) is 12.5 Å². The van der Waals surface area contributed by atoms with E-state index in [0.29, 0.717) is 28.6 Å². The Balaban J connectivity index is 1.95. The SMILES string of the molecule is CCc1ccc(OCC(=O)N/N=C\c2ccc(OC)c(OC)c2OC)cc1. The lowest BCUT2D eigenvalue weighted by molar-refractivity contribution is -0.123. The largest absolute Gasteiger partial charge is 0.493 e. The number of hydrogen-bond acceptors (Lipinski definition) is 6. The molecule has 0 spiro atoms. The molecule has 27 heavy (non-hydrogen) atoms. The Morgan fingerprint density at radius 3 is 2.30 bits per heavy atom. The van der Waals surface area contributed by atoms with Crippen LogP contribution in [-0.4, -0.2) is 40.1 Å². The van der Waals surface area contributed by atoms with Crippen LogP contribution < -0.4 is 24.4 Å². The standard InChI is InChI=1S/C20H24N2O5/c1-5-14-6-9-16(10-7-14)27-13-18(23)22-21-12-15-8-11-17(24-2)20(26-4)19(15)25-3/h6-12H,5,13H2,1-4H3,(H,22,23)/b21-12-. The number of methoxy groups -OCH3 is 3. The highest BCUT2D eigenvalue weighted by Crippen LogP contribution is 2.38. The van der Waals surface area contributed by atoms with Gasteiger partial charge in [0.25, 0.3) is 5.91 Å². The lowest BCUT2D eigenvalue weighted by Gasteiger charge is -2.13. The van der Waals surface area contributed by atoms with Crippen molar-refractivity contribution in [2.75, 3.05) is 27.9 Å². The molecule has 0 fully saturated rings. The van der Waals surface area contributed by atoms with Gasteiger partial charge in [-0.2, -0.15) is 5.10 Å². The second kappa shape index (κ2) is 10.1. The molecule has 1 N–H and O–H groups in total. The Morgan fingerprint density at radius 1 is 1.00 bits per heavy atom. The van der Waals surface area contributed by atoms with Gasteiger partial charge >= 0.3 is 0 Å². The fraction of sp³-hybridized carbons (Fsp3) is 0.300. The zero-order valence-electron chi connectivity index (χ0n) is 15.9. The average molecular weight is 372 g/mol. The van der Waals surface area contributed by atoms with E-state index >= 15 is 0 Å². The molecule has 2 aromatic carbocycles. The molecule has 7 heteroatoms. The molecule has 0 aliphatic carbocycles. The van der Waals surface area contributed by atoms with Crippen molar-refractivity contribution in [1.82, 2.24) is 5.43 Å². The van der Waals surface area contributed by atoms with Gasteiger partial charge in [-0.15, -0.1) is 0 Å². The van der Waals surface area contributed by atoms with Crippen LogP contribution in [0.1, 0.15) is 18.1 Å². The van der Waals surface area contributed by atoms with Crippen molar-refractivity contribution in [1.29, 1.82) is 0 Å². The van der Waals surface area contributed by atoms with E-state index in [1.54, 1.807) is 19.2 Å².